The van der Waals surface area contributed by atoms with Crippen LogP contribution in [0.25, 0.3) is 0 Å². The van der Waals surface area contributed by atoms with Crippen LogP contribution in [-0.2, 0) is 4.79 Å². The van der Waals surface area contributed by atoms with Crippen LogP contribution >= 0.6 is 0 Å². The van der Waals surface area contributed by atoms with E-state index >= 15 is 0 Å². The van der Waals surface area contributed by atoms with Gasteiger partial charge in [0.2, 0.25) is 5.91 Å². The molecule has 1 aliphatic heterocycles. The van der Waals surface area contributed by atoms with E-state index in [9.17, 15) is 4.79 Å². The molecule has 2 unspecified atom stereocenters. The standard InChI is InChI=1S/C16H33N3O/c1-5-10-19(15-8-9-17-11-15)12-16(20)18-14(4)7-6-13(2)3/h13-15,17H,5-12H2,1-4H3,(H,18,20). The minimum Gasteiger partial charge on any atom is -0.353 e. The predicted molar refractivity (Wildman–Crippen MR) is 84.8 cm³/mol. The lowest BCUT2D eigenvalue weighted by atomic mass is 10.0. The summed E-state index contributed by atoms with van der Waals surface area (Å²) in [5.41, 5.74) is 0. The Labute approximate surface area is 124 Å². The first-order valence-corrected chi connectivity index (χ1v) is 8.27. The molecule has 1 rings (SSSR count). The smallest absolute Gasteiger partial charge is 0.234 e. The van der Waals surface area contributed by atoms with E-state index < -0.39 is 0 Å². The van der Waals surface area contributed by atoms with Gasteiger partial charge < -0.3 is 10.6 Å². The Bertz CT molecular complexity index is 275. The molecule has 1 heterocycles. The average molecular weight is 283 g/mol. The zero-order valence-electron chi connectivity index (χ0n) is 13.7. The molecule has 0 aromatic heterocycles. The molecule has 0 saturated carbocycles. The first-order valence-electron chi connectivity index (χ1n) is 8.27. The van der Waals surface area contributed by atoms with Crippen LogP contribution in [0.4, 0.5) is 0 Å². The predicted octanol–water partition coefficient (Wildman–Crippen LogP) is 2.00. The lowest BCUT2D eigenvalue weighted by Crippen LogP contribution is -2.46. The van der Waals surface area contributed by atoms with Crippen molar-refractivity contribution in [3.05, 3.63) is 0 Å². The van der Waals surface area contributed by atoms with E-state index in [1.807, 2.05) is 0 Å². The lowest BCUT2D eigenvalue weighted by molar-refractivity contribution is -0.123. The molecule has 0 aromatic carbocycles. The maximum Gasteiger partial charge on any atom is 0.234 e. The van der Waals surface area contributed by atoms with Crippen molar-refractivity contribution in [3.63, 3.8) is 0 Å². The third-order valence-electron chi connectivity index (χ3n) is 3.99. The molecular formula is C16H33N3O. The van der Waals surface area contributed by atoms with Crippen molar-refractivity contribution in [3.8, 4) is 0 Å². The van der Waals surface area contributed by atoms with Gasteiger partial charge in [0.05, 0.1) is 6.54 Å². The monoisotopic (exact) mass is 283 g/mol. The van der Waals surface area contributed by atoms with Crippen LogP contribution in [0.3, 0.4) is 0 Å². The molecule has 4 nitrogen and oxygen atoms in total. The number of rotatable bonds is 9. The summed E-state index contributed by atoms with van der Waals surface area (Å²) in [6.07, 6.45) is 4.51. The fourth-order valence-corrected chi connectivity index (χ4v) is 2.79. The normalized spacial score (nSPS) is 20.6. The number of carbonyl (C=O) groups excluding carboxylic acids is 1. The largest absolute Gasteiger partial charge is 0.353 e. The molecule has 118 valence electrons. The number of nitrogens with zero attached hydrogens (tertiary/aromatic N) is 1. The molecule has 0 radical (unpaired) electrons. The topological polar surface area (TPSA) is 44.4 Å². The first kappa shape index (κ1) is 17.4. The van der Waals surface area contributed by atoms with E-state index in [1.54, 1.807) is 0 Å². The Morgan fingerprint density at radius 3 is 2.65 bits per heavy atom. The summed E-state index contributed by atoms with van der Waals surface area (Å²) in [6.45, 7) is 12.4. The highest BCUT2D eigenvalue weighted by Crippen LogP contribution is 2.10. The van der Waals surface area contributed by atoms with Crippen LogP contribution in [0.2, 0.25) is 0 Å². The van der Waals surface area contributed by atoms with Gasteiger partial charge in [-0.15, -0.1) is 0 Å². The number of carbonyl (C=O) groups is 1. The number of nitrogens with one attached hydrogen (secondary N) is 2. The second kappa shape index (κ2) is 9.35. The van der Waals surface area contributed by atoms with E-state index in [0.717, 1.165) is 38.9 Å². The molecule has 0 aromatic rings. The highest BCUT2D eigenvalue weighted by atomic mass is 16.2. The van der Waals surface area contributed by atoms with Gasteiger partial charge in [-0.3, -0.25) is 9.69 Å². The quantitative estimate of drug-likeness (QED) is 0.680. The summed E-state index contributed by atoms with van der Waals surface area (Å²) >= 11 is 0. The van der Waals surface area contributed by atoms with E-state index in [2.05, 4.69) is 43.2 Å². The maximum atomic E-state index is 12.2. The minimum atomic E-state index is 0.182. The molecule has 0 bridgehead atoms. The van der Waals surface area contributed by atoms with Crippen molar-refractivity contribution >= 4 is 5.91 Å². The van der Waals surface area contributed by atoms with Crippen LogP contribution in [-0.4, -0.2) is 49.1 Å². The van der Waals surface area contributed by atoms with Crippen molar-refractivity contribution in [2.24, 2.45) is 5.92 Å². The Balaban J connectivity index is 2.33. The third-order valence-corrected chi connectivity index (χ3v) is 3.99. The highest BCUT2D eigenvalue weighted by Gasteiger charge is 2.23. The van der Waals surface area contributed by atoms with E-state index in [4.69, 9.17) is 0 Å². The minimum absolute atomic E-state index is 0.182. The molecule has 20 heavy (non-hydrogen) atoms. The molecule has 2 atom stereocenters. The molecule has 1 aliphatic rings. The van der Waals surface area contributed by atoms with Crippen molar-refractivity contribution < 1.29 is 4.79 Å². The number of hydrogen-bond donors (Lipinski definition) is 2. The Morgan fingerprint density at radius 1 is 1.35 bits per heavy atom. The van der Waals surface area contributed by atoms with E-state index in [-0.39, 0.29) is 11.9 Å². The maximum absolute atomic E-state index is 12.2. The average Bonchev–Trinajstić information content (AvgIpc) is 2.89. The fourth-order valence-electron chi connectivity index (χ4n) is 2.79. The fraction of sp³-hybridized carbons (Fsp3) is 0.938. The summed E-state index contributed by atoms with van der Waals surface area (Å²) in [5, 5.41) is 6.53. The summed E-state index contributed by atoms with van der Waals surface area (Å²) in [6, 6.07) is 0.821. The summed E-state index contributed by atoms with van der Waals surface area (Å²) < 4.78 is 0. The van der Waals surface area contributed by atoms with Crippen molar-refractivity contribution in [1.82, 2.24) is 15.5 Å². The van der Waals surface area contributed by atoms with E-state index in [0.29, 0.717) is 18.5 Å². The molecule has 0 aliphatic carbocycles. The van der Waals surface area contributed by atoms with Crippen LogP contribution < -0.4 is 10.6 Å². The molecule has 2 N–H and O–H groups in total. The highest BCUT2D eigenvalue weighted by molar-refractivity contribution is 5.78. The number of hydrogen-bond acceptors (Lipinski definition) is 3. The number of amides is 1. The summed E-state index contributed by atoms with van der Waals surface area (Å²) in [4.78, 5) is 14.5. The molecule has 0 spiro atoms. The van der Waals surface area contributed by atoms with Gasteiger partial charge in [0.1, 0.15) is 0 Å². The van der Waals surface area contributed by atoms with Crippen LogP contribution in [0.15, 0.2) is 0 Å². The van der Waals surface area contributed by atoms with Gasteiger partial charge in [-0.05, 0) is 51.6 Å². The van der Waals surface area contributed by atoms with Gasteiger partial charge >= 0.3 is 0 Å². The van der Waals surface area contributed by atoms with Gasteiger partial charge in [0, 0.05) is 18.6 Å². The SMILES string of the molecule is CCCN(CC(=O)NC(C)CCC(C)C)C1CCNC1. The van der Waals surface area contributed by atoms with E-state index in [1.165, 1.54) is 6.42 Å². The molecule has 1 amide bonds. The third kappa shape index (κ3) is 6.71. The van der Waals surface area contributed by atoms with Crippen molar-refractivity contribution in [2.45, 2.75) is 65.5 Å². The summed E-state index contributed by atoms with van der Waals surface area (Å²) in [7, 11) is 0. The van der Waals surface area contributed by atoms with Gasteiger partial charge in [-0.25, -0.2) is 0 Å². The van der Waals surface area contributed by atoms with Gasteiger partial charge in [-0.1, -0.05) is 20.8 Å². The lowest BCUT2D eigenvalue weighted by Gasteiger charge is -2.28. The van der Waals surface area contributed by atoms with Crippen LogP contribution in [0, 0.1) is 5.92 Å². The first-order chi connectivity index (χ1) is 9.52. The summed E-state index contributed by atoms with van der Waals surface area (Å²) in [5.74, 6) is 0.886. The van der Waals surface area contributed by atoms with Gasteiger partial charge in [-0.2, -0.15) is 0 Å². The Kier molecular flexibility index (Phi) is 8.15. The molecule has 4 heteroatoms. The Morgan fingerprint density at radius 2 is 2.10 bits per heavy atom. The molecular weight excluding hydrogens is 250 g/mol. The van der Waals surface area contributed by atoms with Crippen molar-refractivity contribution in [2.75, 3.05) is 26.2 Å². The molecule has 1 saturated heterocycles. The second-order valence-corrected chi connectivity index (χ2v) is 6.56. The zero-order valence-corrected chi connectivity index (χ0v) is 13.7. The molecule has 1 fully saturated rings. The zero-order chi connectivity index (χ0) is 15.0. The second-order valence-electron chi connectivity index (χ2n) is 6.56. The van der Waals surface area contributed by atoms with Gasteiger partial charge in [0.25, 0.3) is 0 Å². The van der Waals surface area contributed by atoms with Crippen LogP contribution in [0.5, 0.6) is 0 Å². The van der Waals surface area contributed by atoms with Crippen LogP contribution in [0.1, 0.15) is 53.4 Å². The van der Waals surface area contributed by atoms with Crippen molar-refractivity contribution in [1.29, 1.82) is 0 Å². The Hall–Kier alpha value is -0.610. The van der Waals surface area contributed by atoms with Gasteiger partial charge in [0.15, 0.2) is 0 Å².